The summed E-state index contributed by atoms with van der Waals surface area (Å²) in [7, 11) is -3.73. The van der Waals surface area contributed by atoms with Crippen LogP contribution in [0.2, 0.25) is 0 Å². The first-order valence-electron chi connectivity index (χ1n) is 7.96. The van der Waals surface area contributed by atoms with E-state index in [4.69, 9.17) is 0 Å². The molecule has 25 heavy (non-hydrogen) atoms. The van der Waals surface area contributed by atoms with Gasteiger partial charge >= 0.3 is 0 Å². The molecule has 0 bridgehead atoms. The number of carbonyl (C=O) groups is 1. The van der Waals surface area contributed by atoms with Crippen LogP contribution in [0.1, 0.15) is 15.9 Å². The molecule has 1 aliphatic rings. The standard InChI is InChI=1S/C19H16N2O3S/c22-19-18-12-16(7-5-14(18)9-10-20-19)21-25(23,24)17-8-6-13-3-1-2-4-15(13)11-17/h1-8,11-12,21H,9-10H2,(H,20,22). The van der Waals surface area contributed by atoms with E-state index < -0.39 is 10.0 Å². The van der Waals surface area contributed by atoms with Crippen LogP contribution in [0.25, 0.3) is 10.8 Å². The number of fused-ring (bicyclic) bond motifs is 2. The normalized spacial score (nSPS) is 14.0. The number of nitrogens with one attached hydrogen (secondary N) is 2. The maximum Gasteiger partial charge on any atom is 0.261 e. The summed E-state index contributed by atoms with van der Waals surface area (Å²) in [5.74, 6) is -0.173. The van der Waals surface area contributed by atoms with Crippen LogP contribution in [0.15, 0.2) is 65.6 Å². The first kappa shape index (κ1) is 15.7. The lowest BCUT2D eigenvalue weighted by Crippen LogP contribution is -2.31. The van der Waals surface area contributed by atoms with Crippen molar-refractivity contribution in [3.05, 3.63) is 71.8 Å². The van der Waals surface area contributed by atoms with Crippen molar-refractivity contribution in [2.24, 2.45) is 0 Å². The molecule has 0 aromatic heterocycles. The molecule has 3 aromatic carbocycles. The van der Waals surface area contributed by atoms with Gasteiger partial charge in [0.25, 0.3) is 15.9 Å². The fourth-order valence-electron chi connectivity index (χ4n) is 3.02. The third-order valence-electron chi connectivity index (χ3n) is 4.32. The van der Waals surface area contributed by atoms with E-state index in [1.54, 1.807) is 36.4 Å². The van der Waals surface area contributed by atoms with Crippen molar-refractivity contribution in [2.75, 3.05) is 11.3 Å². The van der Waals surface area contributed by atoms with Crippen molar-refractivity contribution in [1.29, 1.82) is 0 Å². The minimum absolute atomic E-state index is 0.173. The number of carbonyl (C=O) groups excluding carboxylic acids is 1. The molecule has 0 saturated carbocycles. The second-order valence-electron chi connectivity index (χ2n) is 5.99. The summed E-state index contributed by atoms with van der Waals surface area (Å²) in [6.45, 7) is 0.605. The molecule has 1 amide bonds. The Morgan fingerprint density at radius 3 is 2.56 bits per heavy atom. The lowest BCUT2D eigenvalue weighted by molar-refractivity contribution is 0.0946. The fraction of sp³-hybridized carbons (Fsp3) is 0.105. The maximum absolute atomic E-state index is 12.7. The van der Waals surface area contributed by atoms with Crippen molar-refractivity contribution in [3.8, 4) is 0 Å². The second kappa shape index (κ2) is 5.89. The molecule has 0 fully saturated rings. The molecule has 1 aliphatic heterocycles. The largest absolute Gasteiger partial charge is 0.352 e. The number of anilines is 1. The highest BCUT2D eigenvalue weighted by molar-refractivity contribution is 7.92. The fourth-order valence-corrected chi connectivity index (χ4v) is 4.11. The van der Waals surface area contributed by atoms with E-state index in [-0.39, 0.29) is 10.8 Å². The summed E-state index contributed by atoms with van der Waals surface area (Å²) in [5, 5.41) is 4.60. The van der Waals surface area contributed by atoms with E-state index >= 15 is 0 Å². The monoisotopic (exact) mass is 352 g/mol. The van der Waals surface area contributed by atoms with Crippen LogP contribution < -0.4 is 10.0 Å². The second-order valence-corrected chi connectivity index (χ2v) is 7.67. The minimum Gasteiger partial charge on any atom is -0.352 e. The lowest BCUT2D eigenvalue weighted by atomic mass is 10.00. The highest BCUT2D eigenvalue weighted by atomic mass is 32.2. The van der Waals surface area contributed by atoms with Crippen LogP contribution in [0.5, 0.6) is 0 Å². The molecule has 3 aromatic rings. The smallest absolute Gasteiger partial charge is 0.261 e. The summed E-state index contributed by atoms with van der Waals surface area (Å²) >= 11 is 0. The molecule has 5 nitrogen and oxygen atoms in total. The van der Waals surface area contributed by atoms with Crippen LogP contribution in [0.4, 0.5) is 5.69 Å². The van der Waals surface area contributed by atoms with E-state index in [0.717, 1.165) is 22.8 Å². The predicted molar refractivity (Wildman–Crippen MR) is 97.2 cm³/mol. The summed E-state index contributed by atoms with van der Waals surface area (Å²) in [4.78, 5) is 12.1. The third-order valence-corrected chi connectivity index (χ3v) is 5.70. The van der Waals surface area contributed by atoms with Crippen molar-refractivity contribution >= 4 is 32.4 Å². The highest BCUT2D eigenvalue weighted by Crippen LogP contribution is 2.24. The molecule has 0 spiro atoms. The van der Waals surface area contributed by atoms with Crippen molar-refractivity contribution in [3.63, 3.8) is 0 Å². The molecule has 0 saturated heterocycles. The van der Waals surface area contributed by atoms with Gasteiger partial charge in [0.05, 0.1) is 4.90 Å². The lowest BCUT2D eigenvalue weighted by Gasteiger charge is -2.17. The van der Waals surface area contributed by atoms with Gasteiger partial charge in [0.2, 0.25) is 0 Å². The quantitative estimate of drug-likeness (QED) is 0.761. The van der Waals surface area contributed by atoms with Gasteiger partial charge in [-0.15, -0.1) is 0 Å². The molecule has 126 valence electrons. The minimum atomic E-state index is -3.73. The van der Waals surface area contributed by atoms with Crippen LogP contribution >= 0.6 is 0 Å². The topological polar surface area (TPSA) is 75.3 Å². The summed E-state index contributed by atoms with van der Waals surface area (Å²) in [6.07, 6.45) is 0.749. The number of hydrogen-bond acceptors (Lipinski definition) is 3. The van der Waals surface area contributed by atoms with E-state index in [1.165, 1.54) is 0 Å². The molecule has 0 atom stereocenters. The number of rotatable bonds is 3. The van der Waals surface area contributed by atoms with E-state index in [9.17, 15) is 13.2 Å². The third kappa shape index (κ3) is 2.96. The summed E-state index contributed by atoms with van der Waals surface area (Å²) in [6, 6.07) is 17.7. The Balaban J connectivity index is 1.69. The van der Waals surface area contributed by atoms with Crippen molar-refractivity contribution < 1.29 is 13.2 Å². The zero-order valence-corrected chi connectivity index (χ0v) is 14.1. The molecule has 1 heterocycles. The van der Waals surface area contributed by atoms with Crippen LogP contribution in [-0.4, -0.2) is 20.9 Å². The Morgan fingerprint density at radius 2 is 1.72 bits per heavy atom. The first-order chi connectivity index (χ1) is 12.0. The number of sulfonamides is 1. The highest BCUT2D eigenvalue weighted by Gasteiger charge is 2.19. The molecular weight excluding hydrogens is 336 g/mol. The average molecular weight is 352 g/mol. The number of benzene rings is 3. The van der Waals surface area contributed by atoms with Gasteiger partial charge in [0.15, 0.2) is 0 Å². The van der Waals surface area contributed by atoms with Crippen LogP contribution in [0.3, 0.4) is 0 Å². The molecule has 0 aliphatic carbocycles. The van der Waals surface area contributed by atoms with Gasteiger partial charge in [0, 0.05) is 17.8 Å². The Labute approximate surface area is 145 Å². The van der Waals surface area contributed by atoms with Gasteiger partial charge in [-0.3, -0.25) is 9.52 Å². The maximum atomic E-state index is 12.7. The summed E-state index contributed by atoms with van der Waals surface area (Å²) < 4.78 is 27.9. The molecule has 0 unspecified atom stereocenters. The van der Waals surface area contributed by atoms with Gasteiger partial charge < -0.3 is 5.32 Å². The predicted octanol–water partition coefficient (Wildman–Crippen LogP) is 2.93. The Hall–Kier alpha value is -2.86. The van der Waals surface area contributed by atoms with Crippen molar-refractivity contribution in [1.82, 2.24) is 5.32 Å². The van der Waals surface area contributed by atoms with Gasteiger partial charge in [-0.1, -0.05) is 36.4 Å². The average Bonchev–Trinajstić information content (AvgIpc) is 2.62. The molecule has 6 heteroatoms. The van der Waals surface area contributed by atoms with Gasteiger partial charge in [-0.25, -0.2) is 8.42 Å². The molecule has 4 rings (SSSR count). The zero-order valence-electron chi connectivity index (χ0n) is 13.3. The number of hydrogen-bond donors (Lipinski definition) is 2. The SMILES string of the molecule is O=C1NCCc2ccc(NS(=O)(=O)c3ccc4ccccc4c3)cc21. The van der Waals surface area contributed by atoms with Crippen LogP contribution in [0, 0.1) is 0 Å². The van der Waals surface area contributed by atoms with E-state index in [2.05, 4.69) is 10.0 Å². The van der Waals surface area contributed by atoms with Crippen LogP contribution in [-0.2, 0) is 16.4 Å². The Kier molecular flexibility index (Phi) is 3.69. The molecular formula is C19H16N2O3S. The van der Waals surface area contributed by atoms with Gasteiger partial charge in [-0.05, 0) is 47.0 Å². The van der Waals surface area contributed by atoms with E-state index in [0.29, 0.717) is 17.8 Å². The molecule has 0 radical (unpaired) electrons. The van der Waals surface area contributed by atoms with Gasteiger partial charge in [-0.2, -0.15) is 0 Å². The molecule has 2 N–H and O–H groups in total. The summed E-state index contributed by atoms with van der Waals surface area (Å²) in [5.41, 5.74) is 1.83. The van der Waals surface area contributed by atoms with E-state index in [1.807, 2.05) is 24.3 Å². The number of amides is 1. The first-order valence-corrected chi connectivity index (χ1v) is 9.44. The van der Waals surface area contributed by atoms with Crippen molar-refractivity contribution in [2.45, 2.75) is 11.3 Å². The Bertz CT molecular complexity index is 1090. The zero-order chi connectivity index (χ0) is 17.4. The van der Waals surface area contributed by atoms with Gasteiger partial charge in [0.1, 0.15) is 0 Å². The Morgan fingerprint density at radius 1 is 0.920 bits per heavy atom.